The van der Waals surface area contributed by atoms with Crippen LogP contribution < -0.4 is 10.2 Å². The Morgan fingerprint density at radius 1 is 1.10 bits per heavy atom. The molecule has 10 nitrogen and oxygen atoms in total. The van der Waals surface area contributed by atoms with Crippen molar-refractivity contribution < 1.29 is 19.1 Å². The van der Waals surface area contributed by atoms with Crippen LogP contribution in [0, 0.1) is 5.92 Å². The van der Waals surface area contributed by atoms with Gasteiger partial charge in [0.2, 0.25) is 11.8 Å². The highest BCUT2D eigenvalue weighted by Crippen LogP contribution is 2.37. The molecule has 3 unspecified atom stereocenters. The molecule has 7 rings (SSSR count). The number of rotatable bonds is 4. The van der Waals surface area contributed by atoms with Crippen LogP contribution in [0.25, 0.3) is 10.9 Å². The molecule has 1 N–H and O–H groups in total. The average Bonchev–Trinajstić information content (AvgIpc) is 3.20. The van der Waals surface area contributed by atoms with Gasteiger partial charge >= 0.3 is 6.09 Å². The van der Waals surface area contributed by atoms with E-state index >= 15 is 0 Å². The average molecular weight is 537 g/mol. The largest absolute Gasteiger partial charge is 0.444 e. The number of nitrogens with zero attached hydrogens (tertiary/aromatic N) is 5. The highest BCUT2D eigenvalue weighted by molar-refractivity contribution is 6.03. The quantitative estimate of drug-likeness (QED) is 0.600. The summed E-state index contributed by atoms with van der Waals surface area (Å²) in [5.41, 5.74) is 2.51. The second kappa shape index (κ2) is 9.80. The number of imide groups is 1. The number of ether oxygens (including phenoxy) is 1. The molecule has 1 aromatic heterocycles. The molecule has 5 aliphatic heterocycles. The summed E-state index contributed by atoms with van der Waals surface area (Å²) >= 11 is 0. The topological polar surface area (TPSA) is 100 Å². The number of aryl methyl sites for hydroxylation is 1. The van der Waals surface area contributed by atoms with E-state index in [9.17, 15) is 14.4 Å². The van der Waals surface area contributed by atoms with Crippen LogP contribution in [0.1, 0.15) is 64.5 Å². The Hall–Kier alpha value is -3.14. The zero-order valence-corrected chi connectivity index (χ0v) is 23.5. The van der Waals surface area contributed by atoms with Crippen LogP contribution >= 0.6 is 0 Å². The summed E-state index contributed by atoms with van der Waals surface area (Å²) in [5.74, 6) is -0.211. The SMILES string of the molecule is Cn1nc(C2CCC(=O)NC2=O)c2cccc(N3CCC(CN4CC5CC(C4)N5C(=O)OC(C)(C)C)CC3)c21. The number of benzene rings is 1. The van der Waals surface area contributed by atoms with E-state index < -0.39 is 11.5 Å². The number of piperidine rings is 3. The molecule has 3 atom stereocenters. The number of hydrogen-bond donors (Lipinski definition) is 1. The smallest absolute Gasteiger partial charge is 0.410 e. The third kappa shape index (κ3) is 4.99. The van der Waals surface area contributed by atoms with Gasteiger partial charge in [0, 0.05) is 51.6 Å². The van der Waals surface area contributed by atoms with Crippen molar-refractivity contribution in [3.8, 4) is 0 Å². The molecule has 3 amide bonds. The van der Waals surface area contributed by atoms with Gasteiger partial charge in [-0.25, -0.2) is 4.79 Å². The maximum absolute atomic E-state index is 12.6. The molecule has 5 fully saturated rings. The number of carbonyl (C=O) groups is 3. The van der Waals surface area contributed by atoms with E-state index in [0.29, 0.717) is 18.8 Å². The van der Waals surface area contributed by atoms with Crippen LogP contribution in [0.3, 0.4) is 0 Å². The Bertz CT molecular complexity index is 1280. The molecule has 0 aliphatic carbocycles. The lowest BCUT2D eigenvalue weighted by Gasteiger charge is -2.56. The molecular weight excluding hydrogens is 496 g/mol. The van der Waals surface area contributed by atoms with Crippen molar-refractivity contribution in [3.05, 3.63) is 23.9 Å². The Morgan fingerprint density at radius 2 is 1.82 bits per heavy atom. The minimum Gasteiger partial charge on any atom is -0.444 e. The Balaban J connectivity index is 1.07. The van der Waals surface area contributed by atoms with Crippen molar-refractivity contribution in [3.63, 3.8) is 0 Å². The molecule has 2 bridgehead atoms. The Morgan fingerprint density at radius 3 is 2.49 bits per heavy atom. The first kappa shape index (κ1) is 26.1. The van der Waals surface area contributed by atoms with Crippen LogP contribution in [0.15, 0.2) is 18.2 Å². The van der Waals surface area contributed by atoms with Gasteiger partial charge in [-0.05, 0) is 58.4 Å². The van der Waals surface area contributed by atoms with Crippen LogP contribution in [0.4, 0.5) is 10.5 Å². The first-order valence-corrected chi connectivity index (χ1v) is 14.4. The van der Waals surface area contributed by atoms with Crippen LogP contribution in [-0.2, 0) is 21.4 Å². The van der Waals surface area contributed by atoms with Crippen molar-refractivity contribution in [2.75, 3.05) is 37.6 Å². The van der Waals surface area contributed by atoms with Crippen molar-refractivity contribution in [1.82, 2.24) is 24.9 Å². The summed E-state index contributed by atoms with van der Waals surface area (Å²) in [7, 11) is 1.94. The van der Waals surface area contributed by atoms with Gasteiger partial charge in [0.15, 0.2) is 0 Å². The summed E-state index contributed by atoms with van der Waals surface area (Å²) in [6, 6.07) is 6.80. The molecule has 1 aromatic carbocycles. The molecule has 10 heteroatoms. The van der Waals surface area contributed by atoms with Crippen molar-refractivity contribution in [1.29, 1.82) is 0 Å². The molecule has 0 radical (unpaired) electrons. The number of carbonyl (C=O) groups excluding carboxylic acids is 3. The molecule has 0 saturated carbocycles. The lowest BCUT2D eigenvalue weighted by molar-refractivity contribution is -0.134. The molecule has 6 heterocycles. The lowest BCUT2D eigenvalue weighted by Crippen LogP contribution is -2.70. The van der Waals surface area contributed by atoms with Gasteiger partial charge in [-0.2, -0.15) is 5.10 Å². The molecule has 5 aliphatic rings. The number of fused-ring (bicyclic) bond motifs is 3. The second-order valence-corrected chi connectivity index (χ2v) is 12.8. The first-order valence-electron chi connectivity index (χ1n) is 14.4. The monoisotopic (exact) mass is 536 g/mol. The van der Waals surface area contributed by atoms with Gasteiger partial charge in [0.1, 0.15) is 5.60 Å². The van der Waals surface area contributed by atoms with Gasteiger partial charge in [-0.15, -0.1) is 0 Å². The van der Waals surface area contributed by atoms with E-state index in [2.05, 4.69) is 27.2 Å². The number of anilines is 1. The van der Waals surface area contributed by atoms with Gasteiger partial charge in [-0.3, -0.25) is 29.4 Å². The molecule has 210 valence electrons. The summed E-state index contributed by atoms with van der Waals surface area (Å²) in [6.07, 6.45) is 4.01. The summed E-state index contributed by atoms with van der Waals surface area (Å²) < 4.78 is 7.52. The normalized spacial score (nSPS) is 26.5. The predicted molar refractivity (Wildman–Crippen MR) is 147 cm³/mol. The highest BCUT2D eigenvalue weighted by Gasteiger charge is 2.49. The van der Waals surface area contributed by atoms with Crippen LogP contribution in [0.5, 0.6) is 0 Å². The Labute approximate surface area is 229 Å². The lowest BCUT2D eigenvalue weighted by atomic mass is 9.86. The van der Waals surface area contributed by atoms with E-state index in [1.165, 1.54) is 0 Å². The van der Waals surface area contributed by atoms with Crippen LogP contribution in [0.2, 0.25) is 0 Å². The standard InChI is InChI=1S/C29H40N6O4/c1-29(2,3)39-28(38)35-19-14-20(35)17-33(16-19)15-18-10-12-34(13-11-18)23-7-5-6-21-25(31-32(4)26(21)23)22-8-9-24(36)30-27(22)37/h5-7,18-20,22H,8-17H2,1-4H3,(H,30,36,37). The number of aromatic nitrogens is 2. The van der Waals surface area contributed by atoms with Crippen molar-refractivity contribution in [2.45, 2.75) is 76.5 Å². The third-order valence-electron chi connectivity index (χ3n) is 8.79. The number of hydrogen-bond acceptors (Lipinski definition) is 7. The maximum Gasteiger partial charge on any atom is 0.410 e. The zero-order chi connectivity index (χ0) is 27.5. The Kier molecular flexibility index (Phi) is 6.56. The molecule has 0 spiro atoms. The second-order valence-electron chi connectivity index (χ2n) is 12.8. The van der Waals surface area contributed by atoms with E-state index in [0.717, 1.165) is 74.3 Å². The van der Waals surface area contributed by atoms with Crippen molar-refractivity contribution in [2.24, 2.45) is 13.0 Å². The fraction of sp³-hybridized carbons (Fsp3) is 0.655. The number of amides is 3. The van der Waals surface area contributed by atoms with Gasteiger partial charge in [0.25, 0.3) is 0 Å². The summed E-state index contributed by atoms with van der Waals surface area (Å²) in [4.78, 5) is 43.8. The third-order valence-corrected chi connectivity index (χ3v) is 8.79. The summed E-state index contributed by atoms with van der Waals surface area (Å²) in [6.45, 7) is 10.7. The fourth-order valence-electron chi connectivity index (χ4n) is 6.99. The molecule has 5 saturated heterocycles. The van der Waals surface area contributed by atoms with E-state index in [1.54, 1.807) is 0 Å². The highest BCUT2D eigenvalue weighted by atomic mass is 16.6. The molecular formula is C29H40N6O4. The van der Waals surface area contributed by atoms with Crippen LogP contribution in [-0.4, -0.2) is 87.9 Å². The fourth-order valence-corrected chi connectivity index (χ4v) is 6.99. The van der Waals surface area contributed by atoms with Gasteiger partial charge in [0.05, 0.1) is 34.9 Å². The minimum atomic E-state index is -0.457. The number of nitrogens with one attached hydrogen (secondary N) is 1. The molecule has 2 aromatic rings. The summed E-state index contributed by atoms with van der Waals surface area (Å²) in [5, 5.41) is 8.23. The number of para-hydroxylation sites is 1. The number of piperazine rings is 1. The maximum atomic E-state index is 12.6. The first-order chi connectivity index (χ1) is 18.6. The minimum absolute atomic E-state index is 0.165. The van der Waals surface area contributed by atoms with Gasteiger partial charge < -0.3 is 9.64 Å². The van der Waals surface area contributed by atoms with E-state index in [-0.39, 0.29) is 30.0 Å². The molecule has 39 heavy (non-hydrogen) atoms. The van der Waals surface area contributed by atoms with Crippen molar-refractivity contribution >= 4 is 34.5 Å². The van der Waals surface area contributed by atoms with E-state index in [1.807, 2.05) is 43.5 Å². The van der Waals surface area contributed by atoms with Gasteiger partial charge in [-0.1, -0.05) is 12.1 Å². The predicted octanol–water partition coefficient (Wildman–Crippen LogP) is 3.00. The zero-order valence-electron chi connectivity index (χ0n) is 23.5. The van der Waals surface area contributed by atoms with E-state index in [4.69, 9.17) is 9.84 Å².